The second-order valence-corrected chi connectivity index (χ2v) is 3.98. The summed E-state index contributed by atoms with van der Waals surface area (Å²) in [6.45, 7) is 1.82. The molecule has 0 aliphatic carbocycles. The van der Waals surface area contributed by atoms with Crippen molar-refractivity contribution in [2.45, 2.75) is 25.5 Å². The molecule has 86 valence electrons. The number of para-hydroxylation sites is 1. The molecule has 1 N–H and O–H groups in total. The van der Waals surface area contributed by atoms with Crippen molar-refractivity contribution in [3.63, 3.8) is 0 Å². The van der Waals surface area contributed by atoms with Crippen molar-refractivity contribution in [2.75, 3.05) is 12.0 Å². The second-order valence-electron chi connectivity index (χ2n) is 3.98. The number of aliphatic hydroxyl groups excluding tert-OH is 1. The first-order valence-electron chi connectivity index (χ1n) is 5.28. The normalized spacial score (nSPS) is 23.8. The van der Waals surface area contributed by atoms with Gasteiger partial charge in [-0.25, -0.2) is 4.79 Å². The van der Waals surface area contributed by atoms with Gasteiger partial charge in [-0.1, -0.05) is 18.2 Å². The van der Waals surface area contributed by atoms with Crippen molar-refractivity contribution >= 4 is 11.8 Å². The van der Waals surface area contributed by atoms with Crippen LogP contribution >= 0.6 is 0 Å². The SMILES string of the molecule is COC(=O)N1c2ccccc2C[C@@H](O)[C@@H]1C. The predicted molar refractivity (Wildman–Crippen MR) is 60.5 cm³/mol. The van der Waals surface area contributed by atoms with Gasteiger partial charge in [0.15, 0.2) is 0 Å². The molecule has 1 amide bonds. The molecule has 0 unspecified atom stereocenters. The fraction of sp³-hybridized carbons (Fsp3) is 0.417. The number of amides is 1. The average Bonchev–Trinajstić information content (AvgIpc) is 2.30. The molecule has 0 aromatic heterocycles. The van der Waals surface area contributed by atoms with Gasteiger partial charge >= 0.3 is 6.09 Å². The molecule has 4 heteroatoms. The Balaban J connectivity index is 2.45. The van der Waals surface area contributed by atoms with Crippen molar-refractivity contribution < 1.29 is 14.6 Å². The fourth-order valence-corrected chi connectivity index (χ4v) is 2.07. The molecule has 4 nitrogen and oxygen atoms in total. The van der Waals surface area contributed by atoms with Crippen LogP contribution in [0.1, 0.15) is 12.5 Å². The maximum atomic E-state index is 11.7. The number of fused-ring (bicyclic) bond motifs is 1. The van der Waals surface area contributed by atoms with E-state index in [1.54, 1.807) is 0 Å². The van der Waals surface area contributed by atoms with Crippen LogP contribution < -0.4 is 4.90 Å². The lowest BCUT2D eigenvalue weighted by Crippen LogP contribution is -2.49. The van der Waals surface area contributed by atoms with Crippen LogP contribution in [0, 0.1) is 0 Å². The summed E-state index contributed by atoms with van der Waals surface area (Å²) in [7, 11) is 1.35. The van der Waals surface area contributed by atoms with Crippen molar-refractivity contribution in [3.05, 3.63) is 29.8 Å². The van der Waals surface area contributed by atoms with Gasteiger partial charge in [0.1, 0.15) is 0 Å². The topological polar surface area (TPSA) is 49.8 Å². The first-order valence-corrected chi connectivity index (χ1v) is 5.28. The summed E-state index contributed by atoms with van der Waals surface area (Å²) in [6, 6.07) is 7.30. The van der Waals surface area contributed by atoms with E-state index < -0.39 is 12.2 Å². The molecule has 0 saturated heterocycles. The Morgan fingerprint density at radius 3 is 2.88 bits per heavy atom. The molecule has 1 aromatic carbocycles. The number of nitrogens with zero attached hydrogens (tertiary/aromatic N) is 1. The number of ether oxygens (including phenoxy) is 1. The van der Waals surface area contributed by atoms with Gasteiger partial charge in [0.05, 0.1) is 24.9 Å². The fourth-order valence-electron chi connectivity index (χ4n) is 2.07. The van der Waals surface area contributed by atoms with Crippen molar-refractivity contribution in [1.82, 2.24) is 0 Å². The van der Waals surface area contributed by atoms with E-state index in [0.29, 0.717) is 6.42 Å². The molecule has 2 atom stereocenters. The standard InChI is InChI=1S/C12H15NO3/c1-8-11(14)7-9-5-3-4-6-10(9)13(8)12(15)16-2/h3-6,8,11,14H,7H2,1-2H3/t8-,11+/m0/s1. The number of hydrogen-bond donors (Lipinski definition) is 1. The molecule has 1 aliphatic heterocycles. The van der Waals surface area contributed by atoms with Crippen LogP contribution in [0.3, 0.4) is 0 Å². The molecule has 1 heterocycles. The van der Waals surface area contributed by atoms with Crippen molar-refractivity contribution in [3.8, 4) is 0 Å². The van der Waals surface area contributed by atoms with Gasteiger partial charge in [-0.3, -0.25) is 4.90 Å². The second kappa shape index (κ2) is 4.14. The summed E-state index contributed by atoms with van der Waals surface area (Å²) in [5.41, 5.74) is 1.80. The Labute approximate surface area is 94.4 Å². The van der Waals surface area contributed by atoms with Crippen LogP contribution in [0.4, 0.5) is 10.5 Å². The highest BCUT2D eigenvalue weighted by molar-refractivity contribution is 5.90. The first kappa shape index (κ1) is 11.0. The zero-order valence-electron chi connectivity index (χ0n) is 9.38. The number of carbonyl (C=O) groups is 1. The molecular weight excluding hydrogens is 206 g/mol. The molecule has 2 rings (SSSR count). The van der Waals surface area contributed by atoms with Crippen molar-refractivity contribution in [1.29, 1.82) is 0 Å². The zero-order chi connectivity index (χ0) is 11.7. The third-order valence-electron chi connectivity index (χ3n) is 3.02. The molecule has 0 radical (unpaired) electrons. The molecule has 0 fully saturated rings. The van der Waals surface area contributed by atoms with E-state index in [1.807, 2.05) is 31.2 Å². The smallest absolute Gasteiger partial charge is 0.414 e. The molecule has 1 aromatic rings. The van der Waals surface area contributed by atoms with Crippen molar-refractivity contribution in [2.24, 2.45) is 0 Å². The van der Waals surface area contributed by atoms with Gasteiger partial charge in [0.2, 0.25) is 0 Å². The van der Waals surface area contributed by atoms with Crippen LogP contribution in [0.25, 0.3) is 0 Å². The molecule has 1 aliphatic rings. The Morgan fingerprint density at radius 1 is 1.50 bits per heavy atom. The zero-order valence-corrected chi connectivity index (χ0v) is 9.38. The number of aliphatic hydroxyl groups is 1. The minimum Gasteiger partial charge on any atom is -0.452 e. The Bertz CT molecular complexity index is 405. The lowest BCUT2D eigenvalue weighted by Gasteiger charge is -2.37. The van der Waals surface area contributed by atoms with Crippen LogP contribution in [0.2, 0.25) is 0 Å². The summed E-state index contributed by atoms with van der Waals surface area (Å²) in [6.07, 6.45) is -0.405. The maximum Gasteiger partial charge on any atom is 0.414 e. The number of hydrogen-bond acceptors (Lipinski definition) is 3. The maximum absolute atomic E-state index is 11.7. The summed E-state index contributed by atoms with van der Waals surface area (Å²) in [5.74, 6) is 0. The number of methoxy groups -OCH3 is 1. The van der Waals surface area contributed by atoms with Gasteiger partial charge in [-0.2, -0.15) is 0 Å². The third kappa shape index (κ3) is 1.65. The largest absolute Gasteiger partial charge is 0.452 e. The summed E-state index contributed by atoms with van der Waals surface area (Å²) < 4.78 is 4.74. The summed E-state index contributed by atoms with van der Waals surface area (Å²) in [4.78, 5) is 13.2. The highest BCUT2D eigenvalue weighted by Gasteiger charge is 2.34. The highest BCUT2D eigenvalue weighted by Crippen LogP contribution is 2.30. The van der Waals surface area contributed by atoms with Gasteiger partial charge in [-0.15, -0.1) is 0 Å². The van der Waals surface area contributed by atoms with Crippen LogP contribution in [-0.2, 0) is 11.2 Å². The lowest BCUT2D eigenvalue weighted by atomic mass is 9.94. The molecule has 16 heavy (non-hydrogen) atoms. The Morgan fingerprint density at radius 2 is 2.19 bits per heavy atom. The van der Waals surface area contributed by atoms with E-state index in [2.05, 4.69) is 0 Å². The molecule has 0 bridgehead atoms. The molecular formula is C12H15NO3. The van der Waals surface area contributed by atoms with E-state index >= 15 is 0 Å². The third-order valence-corrected chi connectivity index (χ3v) is 3.02. The Hall–Kier alpha value is -1.55. The molecule has 0 saturated carbocycles. The van der Waals surface area contributed by atoms with E-state index in [-0.39, 0.29) is 6.04 Å². The van der Waals surface area contributed by atoms with Gasteiger partial charge in [-0.05, 0) is 18.6 Å². The van der Waals surface area contributed by atoms with E-state index in [4.69, 9.17) is 4.74 Å². The highest BCUT2D eigenvalue weighted by atomic mass is 16.5. The number of benzene rings is 1. The van der Waals surface area contributed by atoms with E-state index in [0.717, 1.165) is 11.3 Å². The Kier molecular flexibility index (Phi) is 2.83. The lowest BCUT2D eigenvalue weighted by molar-refractivity contribution is 0.128. The monoisotopic (exact) mass is 221 g/mol. The number of carbonyl (C=O) groups excluding carboxylic acids is 1. The predicted octanol–water partition coefficient (Wildman–Crippen LogP) is 1.56. The van der Waals surface area contributed by atoms with Gasteiger partial charge in [0.25, 0.3) is 0 Å². The summed E-state index contributed by atoms with van der Waals surface area (Å²) >= 11 is 0. The van der Waals surface area contributed by atoms with Gasteiger partial charge < -0.3 is 9.84 Å². The summed E-state index contributed by atoms with van der Waals surface area (Å²) in [5, 5.41) is 9.89. The average molecular weight is 221 g/mol. The molecule has 0 spiro atoms. The van der Waals surface area contributed by atoms with Crippen LogP contribution in [0.15, 0.2) is 24.3 Å². The quantitative estimate of drug-likeness (QED) is 0.723. The first-order chi connectivity index (χ1) is 7.65. The van der Waals surface area contributed by atoms with Crippen LogP contribution in [0.5, 0.6) is 0 Å². The minimum atomic E-state index is -0.547. The van der Waals surface area contributed by atoms with Gasteiger partial charge in [0, 0.05) is 6.42 Å². The van der Waals surface area contributed by atoms with E-state index in [9.17, 15) is 9.90 Å². The van der Waals surface area contributed by atoms with Crippen LogP contribution in [-0.4, -0.2) is 30.5 Å². The number of rotatable bonds is 0. The minimum absolute atomic E-state index is 0.262. The van der Waals surface area contributed by atoms with E-state index in [1.165, 1.54) is 12.0 Å². The number of anilines is 1.